The Hall–Kier alpha value is -0.930. The summed E-state index contributed by atoms with van der Waals surface area (Å²) >= 11 is 12.1. The molecule has 0 amide bonds. The summed E-state index contributed by atoms with van der Waals surface area (Å²) in [6.45, 7) is 4.13. The predicted molar refractivity (Wildman–Crippen MR) is 80.4 cm³/mol. The summed E-state index contributed by atoms with van der Waals surface area (Å²) in [5.74, 6) is 0.976. The van der Waals surface area contributed by atoms with Crippen LogP contribution >= 0.6 is 23.2 Å². The van der Waals surface area contributed by atoms with Crippen LogP contribution < -0.4 is 4.90 Å². The maximum atomic E-state index is 11.8. The van der Waals surface area contributed by atoms with E-state index in [2.05, 4.69) is 4.90 Å². The lowest BCUT2D eigenvalue weighted by atomic mass is 10.1. The van der Waals surface area contributed by atoms with Crippen molar-refractivity contribution in [3.05, 3.63) is 28.2 Å². The first-order valence-electron chi connectivity index (χ1n) is 6.98. The molecule has 1 saturated carbocycles. The lowest BCUT2D eigenvalue weighted by molar-refractivity contribution is -0.145. The number of carbonyl (C=O) groups is 1. The van der Waals surface area contributed by atoms with Gasteiger partial charge in [-0.1, -0.05) is 23.2 Å². The second kappa shape index (κ2) is 5.45. The molecule has 2 fully saturated rings. The fraction of sp³-hybridized carbons (Fsp3) is 0.533. The number of hydrogen-bond acceptors (Lipinski definition) is 3. The summed E-state index contributed by atoms with van der Waals surface area (Å²) in [7, 11) is 0. The summed E-state index contributed by atoms with van der Waals surface area (Å²) in [6, 6.07) is 5.59. The van der Waals surface area contributed by atoms with Crippen molar-refractivity contribution < 1.29 is 9.53 Å². The van der Waals surface area contributed by atoms with Crippen LogP contribution in [0.5, 0.6) is 0 Å². The van der Waals surface area contributed by atoms with E-state index < -0.39 is 0 Å². The molecule has 1 saturated heterocycles. The van der Waals surface area contributed by atoms with E-state index in [1.165, 1.54) is 0 Å². The number of piperidine rings is 1. The van der Waals surface area contributed by atoms with Gasteiger partial charge < -0.3 is 9.64 Å². The van der Waals surface area contributed by atoms with Crippen LogP contribution in [0.3, 0.4) is 0 Å². The number of halogens is 2. The van der Waals surface area contributed by atoms with Crippen LogP contribution in [0, 0.1) is 17.8 Å². The highest BCUT2D eigenvalue weighted by molar-refractivity contribution is 6.35. The summed E-state index contributed by atoms with van der Waals surface area (Å²) in [5, 5.41) is 1.29. The molecule has 0 radical (unpaired) electrons. The summed E-state index contributed by atoms with van der Waals surface area (Å²) in [6.07, 6.45) is 1.03. The van der Waals surface area contributed by atoms with Crippen molar-refractivity contribution >= 4 is 34.9 Å². The lowest BCUT2D eigenvalue weighted by Gasteiger charge is -2.28. The number of benzene rings is 1. The minimum absolute atomic E-state index is 0.0338. The largest absolute Gasteiger partial charge is 0.466 e. The monoisotopic (exact) mass is 313 g/mol. The van der Waals surface area contributed by atoms with Crippen LogP contribution in [0.2, 0.25) is 10.0 Å². The molecule has 3 rings (SSSR count). The molecule has 1 aliphatic carbocycles. The highest BCUT2D eigenvalue weighted by Gasteiger charge is 2.57. The molecule has 5 heteroatoms. The molecule has 1 aromatic rings. The van der Waals surface area contributed by atoms with Gasteiger partial charge >= 0.3 is 5.97 Å². The van der Waals surface area contributed by atoms with Crippen molar-refractivity contribution in [1.29, 1.82) is 0 Å². The van der Waals surface area contributed by atoms with Crippen LogP contribution in [0.1, 0.15) is 13.3 Å². The molecule has 1 aliphatic heterocycles. The number of carbonyl (C=O) groups excluding carboxylic acids is 1. The summed E-state index contributed by atoms with van der Waals surface area (Å²) < 4.78 is 5.14. The summed E-state index contributed by atoms with van der Waals surface area (Å²) in [5.41, 5.74) is 1.04. The highest BCUT2D eigenvalue weighted by Crippen LogP contribution is 2.52. The van der Waals surface area contributed by atoms with Gasteiger partial charge in [-0.2, -0.15) is 0 Å². The van der Waals surface area contributed by atoms with Gasteiger partial charge in [0.1, 0.15) is 0 Å². The molecule has 0 aromatic heterocycles. The lowest BCUT2D eigenvalue weighted by Crippen LogP contribution is -2.31. The molecule has 3 unspecified atom stereocenters. The van der Waals surface area contributed by atoms with Gasteiger partial charge in [-0.15, -0.1) is 0 Å². The van der Waals surface area contributed by atoms with Crippen molar-refractivity contribution in [1.82, 2.24) is 0 Å². The third-order valence-corrected chi connectivity index (χ3v) is 4.70. The van der Waals surface area contributed by atoms with E-state index in [9.17, 15) is 4.79 Å². The Morgan fingerprint density at radius 3 is 2.65 bits per heavy atom. The molecule has 2 aliphatic rings. The van der Waals surface area contributed by atoms with E-state index in [0.29, 0.717) is 28.5 Å². The minimum atomic E-state index is -0.0338. The molecule has 3 atom stereocenters. The Bertz CT molecular complexity index is 514. The van der Waals surface area contributed by atoms with Crippen molar-refractivity contribution in [2.45, 2.75) is 13.3 Å². The number of esters is 1. The number of ether oxygens (including phenoxy) is 1. The van der Waals surface area contributed by atoms with Crippen LogP contribution in [0.4, 0.5) is 5.69 Å². The Morgan fingerprint density at radius 1 is 1.30 bits per heavy atom. The molecular weight excluding hydrogens is 297 g/mol. The zero-order valence-electron chi connectivity index (χ0n) is 11.3. The first-order valence-corrected chi connectivity index (χ1v) is 7.73. The minimum Gasteiger partial charge on any atom is -0.466 e. The zero-order valence-corrected chi connectivity index (χ0v) is 12.8. The SMILES string of the molecule is CCOC(=O)C1C2CCN(c3cc(Cl)cc(Cl)c3)CC21. The van der Waals surface area contributed by atoms with Crippen LogP contribution in [0.15, 0.2) is 18.2 Å². The van der Waals surface area contributed by atoms with E-state index in [1.54, 1.807) is 6.07 Å². The zero-order chi connectivity index (χ0) is 14.3. The molecule has 108 valence electrons. The number of nitrogens with zero attached hydrogens (tertiary/aromatic N) is 1. The topological polar surface area (TPSA) is 29.5 Å². The van der Waals surface area contributed by atoms with Crippen LogP contribution in [0.25, 0.3) is 0 Å². The van der Waals surface area contributed by atoms with Crippen molar-refractivity contribution in [3.8, 4) is 0 Å². The smallest absolute Gasteiger partial charge is 0.309 e. The van der Waals surface area contributed by atoms with Crippen LogP contribution in [-0.4, -0.2) is 25.7 Å². The van der Waals surface area contributed by atoms with Gasteiger partial charge in [0.15, 0.2) is 0 Å². The van der Waals surface area contributed by atoms with Gasteiger partial charge in [0.05, 0.1) is 12.5 Å². The number of fused-ring (bicyclic) bond motifs is 1. The molecule has 3 nitrogen and oxygen atoms in total. The highest BCUT2D eigenvalue weighted by atomic mass is 35.5. The maximum Gasteiger partial charge on any atom is 0.309 e. The van der Waals surface area contributed by atoms with E-state index in [0.717, 1.165) is 25.2 Å². The molecule has 0 bridgehead atoms. The normalized spacial score (nSPS) is 27.9. The van der Waals surface area contributed by atoms with Gasteiger partial charge in [-0.25, -0.2) is 0 Å². The average molecular weight is 314 g/mol. The number of anilines is 1. The second-order valence-corrected chi connectivity index (χ2v) is 6.34. The number of rotatable bonds is 3. The van der Waals surface area contributed by atoms with Crippen molar-refractivity contribution in [2.75, 3.05) is 24.6 Å². The standard InChI is InChI=1S/C15H17Cl2NO2/c1-2-20-15(19)14-12-3-4-18(8-13(12)14)11-6-9(16)5-10(17)7-11/h5-7,12-14H,2-4,8H2,1H3. The van der Waals surface area contributed by atoms with E-state index in [1.807, 2.05) is 19.1 Å². The molecule has 0 N–H and O–H groups in total. The first-order chi connectivity index (χ1) is 9.60. The third kappa shape index (κ3) is 2.61. The van der Waals surface area contributed by atoms with Gasteiger partial charge in [-0.3, -0.25) is 4.79 Å². The Morgan fingerprint density at radius 2 is 2.00 bits per heavy atom. The van der Waals surface area contributed by atoms with Gasteiger partial charge in [-0.05, 0) is 43.4 Å². The maximum absolute atomic E-state index is 11.8. The molecule has 1 aromatic carbocycles. The predicted octanol–water partition coefficient (Wildman–Crippen LogP) is 3.63. The van der Waals surface area contributed by atoms with E-state index in [-0.39, 0.29) is 11.9 Å². The van der Waals surface area contributed by atoms with Crippen molar-refractivity contribution in [2.24, 2.45) is 17.8 Å². The summed E-state index contributed by atoms with van der Waals surface area (Å²) in [4.78, 5) is 14.1. The van der Waals surface area contributed by atoms with Gasteiger partial charge in [0.2, 0.25) is 0 Å². The second-order valence-electron chi connectivity index (χ2n) is 5.47. The Balaban J connectivity index is 1.69. The number of hydrogen-bond donors (Lipinski definition) is 0. The van der Waals surface area contributed by atoms with Crippen LogP contribution in [-0.2, 0) is 9.53 Å². The van der Waals surface area contributed by atoms with Crippen molar-refractivity contribution in [3.63, 3.8) is 0 Å². The van der Waals surface area contributed by atoms with E-state index in [4.69, 9.17) is 27.9 Å². The molecule has 0 spiro atoms. The van der Waals surface area contributed by atoms with Gasteiger partial charge in [0, 0.05) is 28.8 Å². The van der Waals surface area contributed by atoms with Gasteiger partial charge in [0.25, 0.3) is 0 Å². The third-order valence-electron chi connectivity index (χ3n) is 4.27. The van der Waals surface area contributed by atoms with E-state index >= 15 is 0 Å². The molecule has 20 heavy (non-hydrogen) atoms. The molecule has 1 heterocycles. The fourth-order valence-corrected chi connectivity index (χ4v) is 3.80. The first kappa shape index (κ1) is 14.0. The fourth-order valence-electron chi connectivity index (χ4n) is 3.28. The average Bonchev–Trinajstić information content (AvgIpc) is 3.11. The Labute approximate surface area is 128 Å². The molecular formula is C15H17Cl2NO2. The Kier molecular flexibility index (Phi) is 3.83. The quantitative estimate of drug-likeness (QED) is 0.798.